The van der Waals surface area contributed by atoms with Crippen molar-refractivity contribution in [1.82, 2.24) is 9.88 Å². The number of thiazole rings is 1. The number of nitrogens with zero attached hydrogens (tertiary/aromatic N) is 2. The second-order valence-corrected chi connectivity index (χ2v) is 7.60. The van der Waals surface area contributed by atoms with Crippen LogP contribution in [-0.4, -0.2) is 58.1 Å². The van der Waals surface area contributed by atoms with Crippen LogP contribution in [-0.2, 0) is 4.79 Å². The minimum Gasteiger partial charge on any atom is -0.497 e. The molecule has 1 aliphatic rings. The number of aliphatic carboxylic acids is 1. The van der Waals surface area contributed by atoms with Crippen molar-refractivity contribution >= 4 is 35.0 Å². The highest BCUT2D eigenvalue weighted by molar-refractivity contribution is 7.99. The zero-order valence-electron chi connectivity index (χ0n) is 13.7. The van der Waals surface area contributed by atoms with Crippen molar-refractivity contribution < 1.29 is 19.4 Å². The molecule has 3 rings (SSSR count). The third kappa shape index (κ3) is 4.13. The van der Waals surface area contributed by atoms with Crippen molar-refractivity contribution in [2.75, 3.05) is 25.2 Å². The molecule has 1 aromatic carbocycles. The summed E-state index contributed by atoms with van der Waals surface area (Å²) in [6.07, 6.45) is -0.0335. The number of amides is 1. The van der Waals surface area contributed by atoms with Gasteiger partial charge in [0, 0.05) is 29.0 Å². The van der Waals surface area contributed by atoms with Gasteiger partial charge in [0.2, 0.25) is 0 Å². The van der Waals surface area contributed by atoms with E-state index in [2.05, 4.69) is 4.98 Å². The molecule has 1 saturated heterocycles. The Balaban J connectivity index is 1.77. The van der Waals surface area contributed by atoms with Crippen LogP contribution in [0, 0.1) is 0 Å². The maximum atomic E-state index is 12.8. The molecule has 2 aromatic rings. The first kappa shape index (κ1) is 17.8. The predicted molar refractivity (Wildman–Crippen MR) is 98.5 cm³/mol. The average Bonchev–Trinajstić information content (AvgIpc) is 3.11. The van der Waals surface area contributed by atoms with E-state index in [1.165, 1.54) is 11.3 Å². The summed E-state index contributed by atoms with van der Waals surface area (Å²) < 4.78 is 5.14. The molecule has 0 spiro atoms. The molecule has 0 radical (unpaired) electrons. The minimum atomic E-state index is -0.887. The summed E-state index contributed by atoms with van der Waals surface area (Å²) in [5.74, 6) is 1.15. The summed E-state index contributed by atoms with van der Waals surface area (Å²) in [6, 6.07) is 7.22. The molecule has 1 N–H and O–H groups in total. The summed E-state index contributed by atoms with van der Waals surface area (Å²) in [6.45, 7) is 0.552. The summed E-state index contributed by atoms with van der Waals surface area (Å²) in [4.78, 5) is 29.9. The number of thioether (sulfide) groups is 1. The number of benzene rings is 1. The van der Waals surface area contributed by atoms with Gasteiger partial charge < -0.3 is 14.7 Å². The van der Waals surface area contributed by atoms with Gasteiger partial charge in [-0.25, -0.2) is 4.98 Å². The summed E-state index contributed by atoms with van der Waals surface area (Å²) >= 11 is 3.08. The van der Waals surface area contributed by atoms with E-state index in [4.69, 9.17) is 9.84 Å². The van der Waals surface area contributed by atoms with Gasteiger partial charge in [-0.15, -0.1) is 11.3 Å². The lowest BCUT2D eigenvalue weighted by atomic mass is 10.2. The van der Waals surface area contributed by atoms with E-state index in [0.717, 1.165) is 22.1 Å². The van der Waals surface area contributed by atoms with Crippen molar-refractivity contribution in [3.05, 3.63) is 35.3 Å². The largest absolute Gasteiger partial charge is 0.497 e. The predicted octanol–water partition coefficient (Wildman–Crippen LogP) is 2.85. The zero-order chi connectivity index (χ0) is 17.8. The smallest absolute Gasteiger partial charge is 0.305 e. The number of rotatable bonds is 5. The average molecular weight is 378 g/mol. The zero-order valence-corrected chi connectivity index (χ0v) is 15.3. The van der Waals surface area contributed by atoms with Gasteiger partial charge in [0.25, 0.3) is 5.91 Å². The molecule has 1 atom stereocenters. The van der Waals surface area contributed by atoms with Gasteiger partial charge in [0.15, 0.2) is 0 Å². The molecule has 0 aliphatic carbocycles. The number of carbonyl (C=O) groups excluding carboxylic acids is 1. The van der Waals surface area contributed by atoms with Crippen LogP contribution in [0.25, 0.3) is 10.6 Å². The molecular weight excluding hydrogens is 360 g/mol. The summed E-state index contributed by atoms with van der Waals surface area (Å²) in [5, 5.41) is 11.6. The number of hydrogen-bond donors (Lipinski definition) is 1. The SMILES string of the molecule is COc1ccc(-c2nc(C(=O)N3CCSCC3CC(=O)O)cs2)cc1. The fraction of sp³-hybridized carbons (Fsp3) is 0.353. The molecule has 132 valence electrons. The molecule has 1 unspecified atom stereocenters. The molecule has 1 aromatic heterocycles. The highest BCUT2D eigenvalue weighted by Crippen LogP contribution is 2.27. The van der Waals surface area contributed by atoms with E-state index >= 15 is 0 Å². The third-order valence-corrected chi connectivity index (χ3v) is 5.94. The lowest BCUT2D eigenvalue weighted by molar-refractivity contribution is -0.138. The molecule has 1 amide bonds. The molecule has 25 heavy (non-hydrogen) atoms. The van der Waals surface area contributed by atoms with E-state index in [-0.39, 0.29) is 18.4 Å². The molecule has 0 bridgehead atoms. The Bertz CT molecular complexity index is 760. The van der Waals surface area contributed by atoms with Gasteiger partial charge >= 0.3 is 5.97 Å². The van der Waals surface area contributed by atoms with E-state index < -0.39 is 5.97 Å². The number of carboxylic acids is 1. The maximum absolute atomic E-state index is 12.8. The number of carboxylic acid groups (broad SMARTS) is 1. The van der Waals surface area contributed by atoms with Crippen LogP contribution < -0.4 is 4.74 Å². The Hall–Kier alpha value is -2.06. The van der Waals surface area contributed by atoms with Crippen molar-refractivity contribution in [2.24, 2.45) is 0 Å². The number of methoxy groups -OCH3 is 1. The van der Waals surface area contributed by atoms with E-state index in [0.29, 0.717) is 18.0 Å². The number of aromatic nitrogens is 1. The monoisotopic (exact) mass is 378 g/mol. The van der Waals surface area contributed by atoms with Crippen LogP contribution in [0.1, 0.15) is 16.9 Å². The fourth-order valence-corrected chi connectivity index (χ4v) is 4.54. The van der Waals surface area contributed by atoms with Gasteiger partial charge in [-0.3, -0.25) is 9.59 Å². The standard InChI is InChI=1S/C17H18N2O4S2/c1-23-13-4-2-11(3-5-13)16-18-14(10-25-16)17(22)19-6-7-24-9-12(19)8-15(20)21/h2-5,10,12H,6-9H2,1H3,(H,20,21). The van der Waals surface area contributed by atoms with Crippen LogP contribution in [0.2, 0.25) is 0 Å². The van der Waals surface area contributed by atoms with Gasteiger partial charge in [-0.1, -0.05) is 0 Å². The Labute approximate surface area is 153 Å². The summed E-state index contributed by atoms with van der Waals surface area (Å²) in [7, 11) is 1.61. The molecule has 6 nitrogen and oxygen atoms in total. The molecule has 1 aliphatic heterocycles. The van der Waals surface area contributed by atoms with Gasteiger partial charge in [-0.05, 0) is 24.3 Å². The number of ether oxygens (including phenoxy) is 1. The van der Waals surface area contributed by atoms with Gasteiger partial charge in [0.05, 0.1) is 19.6 Å². The Morgan fingerprint density at radius 2 is 2.12 bits per heavy atom. The van der Waals surface area contributed by atoms with Crippen molar-refractivity contribution in [2.45, 2.75) is 12.5 Å². The Morgan fingerprint density at radius 1 is 1.36 bits per heavy atom. The highest BCUT2D eigenvalue weighted by Gasteiger charge is 2.30. The highest BCUT2D eigenvalue weighted by atomic mass is 32.2. The molecule has 2 heterocycles. The normalized spacial score (nSPS) is 17.3. The Morgan fingerprint density at radius 3 is 2.80 bits per heavy atom. The van der Waals surface area contributed by atoms with E-state index in [1.54, 1.807) is 29.2 Å². The lowest BCUT2D eigenvalue weighted by Gasteiger charge is -2.34. The van der Waals surface area contributed by atoms with Gasteiger partial charge in [0.1, 0.15) is 16.5 Å². The van der Waals surface area contributed by atoms with Crippen molar-refractivity contribution in [3.63, 3.8) is 0 Å². The van der Waals surface area contributed by atoms with Crippen molar-refractivity contribution in [3.8, 4) is 16.3 Å². The first-order chi connectivity index (χ1) is 12.1. The fourth-order valence-electron chi connectivity index (χ4n) is 2.68. The molecular formula is C17H18N2O4S2. The maximum Gasteiger partial charge on any atom is 0.305 e. The van der Waals surface area contributed by atoms with Crippen LogP contribution in [0.3, 0.4) is 0 Å². The van der Waals surface area contributed by atoms with Gasteiger partial charge in [-0.2, -0.15) is 11.8 Å². The van der Waals surface area contributed by atoms with E-state index in [1.807, 2.05) is 24.3 Å². The second-order valence-electron chi connectivity index (χ2n) is 5.59. The topological polar surface area (TPSA) is 79.7 Å². The number of carbonyl (C=O) groups is 2. The molecule has 1 fully saturated rings. The molecule has 0 saturated carbocycles. The van der Waals surface area contributed by atoms with E-state index in [9.17, 15) is 9.59 Å². The van der Waals surface area contributed by atoms with Crippen molar-refractivity contribution in [1.29, 1.82) is 0 Å². The van der Waals surface area contributed by atoms with Crippen LogP contribution in [0.4, 0.5) is 0 Å². The summed E-state index contributed by atoms with van der Waals surface area (Å²) in [5.41, 5.74) is 1.29. The van der Waals surface area contributed by atoms with Crippen LogP contribution >= 0.6 is 23.1 Å². The molecule has 8 heteroatoms. The first-order valence-electron chi connectivity index (χ1n) is 7.79. The number of hydrogen-bond acceptors (Lipinski definition) is 6. The van der Waals surface area contributed by atoms with Crippen LogP contribution in [0.15, 0.2) is 29.6 Å². The minimum absolute atomic E-state index is 0.0335. The first-order valence-corrected chi connectivity index (χ1v) is 9.82. The Kier molecular flexibility index (Phi) is 5.60. The van der Waals surface area contributed by atoms with Crippen LogP contribution in [0.5, 0.6) is 5.75 Å². The lowest BCUT2D eigenvalue weighted by Crippen LogP contribution is -2.47. The third-order valence-electron chi connectivity index (χ3n) is 3.96. The second kappa shape index (κ2) is 7.88. The quantitative estimate of drug-likeness (QED) is 0.862.